The van der Waals surface area contributed by atoms with Crippen molar-refractivity contribution in [3.63, 3.8) is 0 Å². The van der Waals surface area contributed by atoms with Crippen LogP contribution in [-0.2, 0) is 11.8 Å². The molecule has 0 bridgehead atoms. The molecule has 0 radical (unpaired) electrons. The number of ether oxygens (including phenoxy) is 1. The summed E-state index contributed by atoms with van der Waals surface area (Å²) < 4.78 is 11.0. The van der Waals surface area contributed by atoms with Crippen LogP contribution >= 0.6 is 0 Å². The number of ketones is 1. The first-order valence-electron chi connectivity index (χ1n) is 17.2. The van der Waals surface area contributed by atoms with Crippen molar-refractivity contribution in [2.75, 3.05) is 7.11 Å². The Morgan fingerprint density at radius 3 is 2.25 bits per heavy atom. The SMILES string of the molecule is CC=CC=Cc1cc2c(C(=O)c3cccc4oc5ccccc5c34)c3c(c(O)c2c(=O)[nH]1)[C@@]1(CC3)C(O)=c2c(=O)c3c(=O)cc(OC)c(=O)c=3c(=O)c2=C1O. The van der Waals surface area contributed by atoms with Crippen LogP contribution in [0.15, 0.2) is 101 Å². The number of aliphatic hydroxyl groups is 2. The van der Waals surface area contributed by atoms with Crippen LogP contribution in [-0.4, -0.2) is 33.2 Å². The number of pyridine rings is 1. The van der Waals surface area contributed by atoms with Gasteiger partial charge in [-0.1, -0.05) is 48.6 Å². The Balaban J connectivity index is 1.44. The Hall–Kier alpha value is -7.34. The molecule has 0 unspecified atom stereocenters. The molecule has 1 spiro atoms. The maximum Gasteiger partial charge on any atom is 0.260 e. The number of fused-ring (bicyclic) bond motifs is 7. The van der Waals surface area contributed by atoms with Gasteiger partial charge in [-0.3, -0.25) is 28.8 Å². The third-order valence-electron chi connectivity index (χ3n) is 10.9. The van der Waals surface area contributed by atoms with Gasteiger partial charge in [0, 0.05) is 44.6 Å². The summed E-state index contributed by atoms with van der Waals surface area (Å²) in [6, 6.07) is 14.4. The van der Waals surface area contributed by atoms with Gasteiger partial charge in [0.25, 0.3) is 5.56 Å². The van der Waals surface area contributed by atoms with Crippen LogP contribution in [0.2, 0.25) is 0 Å². The zero-order valence-electron chi connectivity index (χ0n) is 29.0. The van der Waals surface area contributed by atoms with Gasteiger partial charge in [0.2, 0.25) is 16.3 Å². The summed E-state index contributed by atoms with van der Waals surface area (Å²) in [4.78, 5) is 86.2. The number of benzene rings is 3. The van der Waals surface area contributed by atoms with Crippen molar-refractivity contribution in [3.8, 4) is 11.5 Å². The van der Waals surface area contributed by atoms with Crippen LogP contribution in [0.5, 0.6) is 11.5 Å². The molecule has 55 heavy (non-hydrogen) atoms. The van der Waals surface area contributed by atoms with E-state index in [9.17, 15) is 39.3 Å². The van der Waals surface area contributed by atoms with E-state index in [1.54, 1.807) is 66.8 Å². The van der Waals surface area contributed by atoms with Crippen LogP contribution < -0.4 is 42.4 Å². The molecule has 4 N–H and O–H groups in total. The fourth-order valence-corrected chi connectivity index (χ4v) is 8.58. The summed E-state index contributed by atoms with van der Waals surface area (Å²) in [6.07, 6.45) is 6.42. The molecule has 4 aliphatic carbocycles. The minimum absolute atomic E-state index is 0.0240. The highest BCUT2D eigenvalue weighted by molar-refractivity contribution is 6.26. The van der Waals surface area contributed by atoms with Crippen molar-refractivity contribution >= 4 is 56.1 Å². The number of phenolic OH excluding ortho intramolecular Hbond substituents is 1. The normalized spacial score (nSPS) is 16.5. The van der Waals surface area contributed by atoms with E-state index in [2.05, 4.69) is 4.98 Å². The molecule has 2 heterocycles. The van der Waals surface area contributed by atoms with Crippen LogP contribution in [0, 0.1) is 10.4 Å². The lowest BCUT2D eigenvalue weighted by Gasteiger charge is -2.27. The molecule has 4 aliphatic rings. The first-order chi connectivity index (χ1) is 26.5. The monoisotopic (exact) mass is 733 g/mol. The van der Waals surface area contributed by atoms with Gasteiger partial charge >= 0.3 is 0 Å². The molecule has 270 valence electrons. The molecule has 0 saturated carbocycles. The highest BCUT2D eigenvalue weighted by atomic mass is 16.5. The summed E-state index contributed by atoms with van der Waals surface area (Å²) in [5, 5.41) is 34.1. The lowest BCUT2D eigenvalue weighted by Crippen LogP contribution is -2.51. The quantitative estimate of drug-likeness (QED) is 0.150. The number of phenols is 1. The van der Waals surface area contributed by atoms with Crippen molar-refractivity contribution < 1.29 is 29.3 Å². The van der Waals surface area contributed by atoms with Gasteiger partial charge in [-0.05, 0) is 49.6 Å². The zero-order valence-corrected chi connectivity index (χ0v) is 29.0. The largest absolute Gasteiger partial charge is 0.510 e. The van der Waals surface area contributed by atoms with Crippen molar-refractivity contribution in [2.24, 2.45) is 0 Å². The van der Waals surface area contributed by atoms with E-state index < -0.39 is 82.4 Å². The molecule has 5 aromatic rings. The number of aromatic nitrogens is 1. The first kappa shape index (κ1) is 33.5. The van der Waals surface area contributed by atoms with E-state index in [0.29, 0.717) is 27.6 Å². The predicted octanol–water partition coefficient (Wildman–Crippen LogP) is 3.23. The fourth-order valence-electron chi connectivity index (χ4n) is 8.58. The number of hydrogen-bond acceptors (Lipinski definition) is 11. The number of allylic oxidation sites excluding steroid dienone is 3. The fraction of sp³-hybridized carbons (Fsp3) is 0.116. The highest BCUT2D eigenvalue weighted by Gasteiger charge is 2.54. The third kappa shape index (κ3) is 4.21. The van der Waals surface area contributed by atoms with E-state index in [1.165, 1.54) is 6.07 Å². The summed E-state index contributed by atoms with van der Waals surface area (Å²) in [6.45, 7) is 1.81. The number of aromatic amines is 1. The Morgan fingerprint density at radius 1 is 0.818 bits per heavy atom. The number of aliphatic hydroxyl groups excluding tert-OH is 2. The number of para-hydroxylation sites is 1. The molecule has 0 amide bonds. The molecular formula is C43H27NO11. The molecule has 2 aromatic heterocycles. The number of H-pyrrole nitrogens is 1. The molecule has 0 aliphatic heterocycles. The van der Waals surface area contributed by atoms with Crippen molar-refractivity contribution in [2.45, 2.75) is 25.2 Å². The van der Waals surface area contributed by atoms with E-state index >= 15 is 4.79 Å². The highest BCUT2D eigenvalue weighted by Crippen LogP contribution is 2.55. The van der Waals surface area contributed by atoms with Crippen molar-refractivity contribution in [3.05, 3.63) is 173 Å². The number of rotatable bonds is 5. The number of nitrogens with one attached hydrogen (secondary N) is 1. The van der Waals surface area contributed by atoms with E-state index in [-0.39, 0.29) is 45.9 Å². The van der Waals surface area contributed by atoms with E-state index in [4.69, 9.17) is 9.15 Å². The summed E-state index contributed by atoms with van der Waals surface area (Å²) >= 11 is 0. The Bertz CT molecular complexity index is 3490. The molecule has 0 saturated heterocycles. The average molecular weight is 734 g/mol. The standard InChI is InChI=1S/C43H27NO11/c1-3-4-5-9-18-16-22-28(35(46)21-11-8-13-25-27(21)19-10-6-7-12-24(19)55-25)20-14-15-43(34(20)39(50)29(22)42(53)44-18)40(51)32-33(41(43)52)38(49)31-30(37(32)48)23(45)17-26(54-2)36(31)47/h3-13,16-17,50-52H,14-15H2,1-2H3,(H,44,53)/t43-/m0/s1. The third-order valence-corrected chi connectivity index (χ3v) is 10.9. The number of carbonyl (C=O) groups excluding carboxylic acids is 1. The minimum atomic E-state index is -2.22. The Morgan fingerprint density at radius 2 is 1.53 bits per heavy atom. The lowest BCUT2D eigenvalue weighted by molar-refractivity contribution is 0.104. The molecule has 12 heteroatoms. The molecule has 1 atom stereocenters. The van der Waals surface area contributed by atoms with E-state index in [1.807, 2.05) is 6.92 Å². The summed E-state index contributed by atoms with van der Waals surface area (Å²) in [5.74, 6) is -3.52. The molecule has 3 aromatic carbocycles. The van der Waals surface area contributed by atoms with Crippen LogP contribution in [0.1, 0.15) is 46.1 Å². The molecule has 0 fully saturated rings. The average Bonchev–Trinajstić information content (AvgIpc) is 3.82. The second-order valence-corrected chi connectivity index (χ2v) is 13.6. The van der Waals surface area contributed by atoms with Crippen molar-refractivity contribution in [1.82, 2.24) is 4.98 Å². The van der Waals surface area contributed by atoms with Crippen LogP contribution in [0.3, 0.4) is 0 Å². The second-order valence-electron chi connectivity index (χ2n) is 13.6. The van der Waals surface area contributed by atoms with Gasteiger partial charge in [0.15, 0.2) is 17.0 Å². The van der Waals surface area contributed by atoms with Gasteiger partial charge in [-0.25, -0.2) is 0 Å². The van der Waals surface area contributed by atoms with Crippen LogP contribution in [0.25, 0.3) is 50.3 Å². The van der Waals surface area contributed by atoms with Crippen LogP contribution in [0.4, 0.5) is 0 Å². The van der Waals surface area contributed by atoms with Gasteiger partial charge in [0.1, 0.15) is 33.8 Å². The predicted molar refractivity (Wildman–Crippen MR) is 204 cm³/mol. The maximum atomic E-state index is 15.2. The van der Waals surface area contributed by atoms with Gasteiger partial charge in [-0.15, -0.1) is 0 Å². The topological polar surface area (TPSA) is 201 Å². The summed E-state index contributed by atoms with van der Waals surface area (Å²) in [7, 11) is 1.11. The van der Waals surface area contributed by atoms with Gasteiger partial charge < -0.3 is 29.5 Å². The molecular weight excluding hydrogens is 706 g/mol. The number of carbonyl (C=O) groups is 1. The smallest absolute Gasteiger partial charge is 0.260 e. The van der Waals surface area contributed by atoms with E-state index in [0.717, 1.165) is 13.2 Å². The van der Waals surface area contributed by atoms with Crippen molar-refractivity contribution in [1.29, 1.82) is 0 Å². The molecule has 12 nitrogen and oxygen atoms in total. The van der Waals surface area contributed by atoms with Gasteiger partial charge in [-0.2, -0.15) is 0 Å². The number of aromatic hydroxyl groups is 1. The maximum absolute atomic E-state index is 15.2. The molecule has 9 rings (SSSR count). The summed E-state index contributed by atoms with van der Waals surface area (Å²) in [5.41, 5.74) is -6.19. The lowest BCUT2D eigenvalue weighted by atomic mass is 9.77. The minimum Gasteiger partial charge on any atom is -0.510 e. The first-order valence-corrected chi connectivity index (χ1v) is 17.2. The zero-order chi connectivity index (χ0) is 38.7. The Labute approximate surface area is 306 Å². The number of methoxy groups -OCH3 is 1. The Kier molecular flexibility index (Phi) is 7.05. The number of hydrogen-bond donors (Lipinski definition) is 4. The van der Waals surface area contributed by atoms with Gasteiger partial charge in [0.05, 0.1) is 33.4 Å². The second kappa shape index (κ2) is 11.6. The number of furan rings is 1.